The number of rotatable bonds is 0. The lowest BCUT2D eigenvalue weighted by Crippen LogP contribution is -1.87. The molecule has 90 heteroatoms. The van der Waals surface area contributed by atoms with Crippen molar-refractivity contribution < 1.29 is 0 Å². The molecular formula is C31H32Cl90. The number of alkyl halides is 90. The summed E-state index contributed by atoms with van der Waals surface area (Å²) in [5, 5.41) is 0. The first kappa shape index (κ1) is 229. The van der Waals surface area contributed by atoms with Crippen LogP contribution in [0.5, 0.6) is 0 Å². The van der Waals surface area contributed by atoms with E-state index in [-0.39, 0.29) is 0 Å². The number of hydrogen-bond donors (Lipinski definition) is 0. The van der Waals surface area contributed by atoms with E-state index in [1.165, 1.54) is 6.92 Å². The molecule has 0 atom stereocenters. The Hall–Kier alpha value is 26.1. The third-order valence-electron chi connectivity index (χ3n) is 0. The monoisotopic (exact) mass is 3550 g/mol. The second-order valence-corrected chi connectivity index (χ2v) is 68.2. The van der Waals surface area contributed by atoms with Crippen molar-refractivity contribution in [2.75, 3.05) is 0 Å². The maximum atomic E-state index is 5.06. The molecule has 0 aromatic carbocycles. The van der Waals surface area contributed by atoms with Crippen molar-refractivity contribution in [3.05, 3.63) is 0 Å². The van der Waals surface area contributed by atoms with Crippen LogP contribution in [0.4, 0.5) is 0 Å². The minimum Gasteiger partial charge on any atom is -0.0874 e. The van der Waals surface area contributed by atoms with Gasteiger partial charge in [0.2, 0.25) is 0 Å². The van der Waals surface area contributed by atoms with E-state index in [9.17, 15) is 0 Å². The number of halogens is 90. The summed E-state index contributed by atoms with van der Waals surface area (Å²) >= 11 is 433. The summed E-state index contributed by atoms with van der Waals surface area (Å²) in [7, 11) is 0. The molecule has 0 aromatic rings. The van der Waals surface area contributed by atoms with Gasteiger partial charge in [-0.3, -0.25) is 0 Å². The van der Waals surface area contributed by atoms with Gasteiger partial charge in [-0.1, -0.05) is 1040 Å². The smallest absolute Gasteiger partial charge is 0.0874 e. The predicted octanol–water partition coefficient (Wildman–Crippen LogP) is 60.0. The van der Waals surface area contributed by atoms with Crippen molar-refractivity contribution in [3.8, 4) is 0 Å². The van der Waals surface area contributed by atoms with Crippen LogP contribution in [-0.4, -0.2) is 128 Å². The Kier molecular flexibility index (Phi) is 410. The van der Waals surface area contributed by atoms with E-state index in [2.05, 4.69) is 0 Å². The van der Waals surface area contributed by atoms with E-state index in [1.54, 1.807) is 0 Å². The molecule has 0 saturated heterocycles. The summed E-state index contributed by atoms with van der Waals surface area (Å²) in [6.07, 6.45) is 0. The SMILES string of the molecule is CC(Cl)(Cl)Cl.ClC(Cl)Cl.ClC(Cl)Cl.ClC(Cl)Cl.ClC(Cl)Cl.ClC(Cl)Cl.ClC(Cl)Cl.ClC(Cl)Cl.ClC(Cl)Cl.ClC(Cl)Cl.ClC(Cl)Cl.ClC(Cl)Cl.ClC(Cl)Cl.ClC(Cl)Cl.ClC(Cl)Cl.ClC(Cl)Cl.ClC(Cl)Cl.ClC(Cl)Cl.ClC(Cl)Cl.ClC(Cl)Cl.ClC(Cl)Cl.ClC(Cl)Cl.ClC(Cl)Cl.ClC(Cl)Cl.ClC(Cl)Cl.ClC(Cl)Cl.ClC(Cl)Cl.ClC(Cl)Cl.ClC(Cl)Cl.ClC(Cl)Cl. The van der Waals surface area contributed by atoms with Crippen LogP contribution in [0, 0.1) is 0 Å². The average Bonchev–Trinajstić information content (AvgIpc) is 1.09. The standard InChI is InChI=1S/C2H3Cl3.29CHCl3/c1-2(3,4)5;29*2-1(3)4/h1H3;29*1H. The van der Waals surface area contributed by atoms with Gasteiger partial charge in [-0.05, 0) is 6.92 Å². The Labute approximate surface area is 1160 Å². The Bertz CT molecular complexity index is 740. The lowest BCUT2D eigenvalue weighted by Gasteiger charge is -1.94. The van der Waals surface area contributed by atoms with Crippen molar-refractivity contribution in [2.45, 2.75) is 135 Å². The van der Waals surface area contributed by atoms with Gasteiger partial charge in [-0.15, -0.1) is 0 Å². The molecule has 0 fully saturated rings. The summed E-state index contributed by atoms with van der Waals surface area (Å²) in [4.78, 5) is 0. The molecule has 0 radical (unpaired) electrons. The fourth-order valence-corrected chi connectivity index (χ4v) is 0. The maximum absolute atomic E-state index is 5.06. The quantitative estimate of drug-likeness (QED) is 0.212. The second kappa shape index (κ2) is 217. The summed E-state index contributed by atoms with van der Waals surface area (Å²) in [5.74, 6) is 0. The first-order chi connectivity index (χ1) is 52.2. The minimum atomic E-state index is -1.08. The summed E-state index contributed by atoms with van der Waals surface area (Å²) < 4.78 is -22.8. The molecule has 0 rings (SSSR count). The zero-order valence-corrected chi connectivity index (χ0v) is 120. The Morgan fingerprint density at radius 2 is 0.0744 bits per heavy atom. The largest absolute Gasteiger partial charge is 0.187 e. The van der Waals surface area contributed by atoms with Gasteiger partial charge < -0.3 is 0 Å². The molecule has 0 heterocycles. The van der Waals surface area contributed by atoms with Crippen molar-refractivity contribution in [1.29, 1.82) is 0 Å². The molecule has 0 N–H and O–H groups in total. The lowest BCUT2D eigenvalue weighted by atomic mass is 10.9. The van der Waals surface area contributed by atoms with E-state index < -0.39 is 128 Å². The van der Waals surface area contributed by atoms with Gasteiger partial charge in [-0.25, -0.2) is 0 Å². The van der Waals surface area contributed by atoms with E-state index in [0.717, 1.165) is 0 Å². The normalized spacial score (nSPS) is 9.12. The van der Waals surface area contributed by atoms with E-state index in [0.29, 0.717) is 0 Å². The molecule has 0 aromatic heterocycles. The van der Waals surface area contributed by atoms with Crippen LogP contribution in [0.15, 0.2) is 0 Å². The fraction of sp³-hybridized carbons (Fsp3) is 1.00. The highest BCUT2D eigenvalue weighted by Crippen LogP contribution is 2.23. The number of hydrogen-bond acceptors (Lipinski definition) is 0. The third kappa shape index (κ3) is 4450. The van der Waals surface area contributed by atoms with Crippen molar-refractivity contribution >= 4 is 1040 Å². The topological polar surface area (TPSA) is 0 Å². The van der Waals surface area contributed by atoms with Gasteiger partial charge in [0.15, 0.2) is 128 Å². The Balaban J connectivity index is -0.0000000253. The van der Waals surface area contributed by atoms with Crippen molar-refractivity contribution in [1.82, 2.24) is 0 Å². The van der Waals surface area contributed by atoms with Crippen LogP contribution in [-0.2, 0) is 0 Å². The molecule has 0 aliphatic heterocycles. The van der Waals surface area contributed by atoms with E-state index in [1.807, 2.05) is 0 Å². The fourth-order valence-electron chi connectivity index (χ4n) is 0. The van der Waals surface area contributed by atoms with Gasteiger partial charge in [0.25, 0.3) is 0 Å². The summed E-state index contributed by atoms with van der Waals surface area (Å²) in [6.45, 7) is 1.48. The van der Waals surface area contributed by atoms with Gasteiger partial charge in [-0.2, -0.15) is 0 Å². The highest BCUT2D eigenvalue weighted by atomic mass is 35.7. The highest BCUT2D eigenvalue weighted by molar-refractivity contribution is 6.74. The zero-order valence-electron chi connectivity index (χ0n) is 52.3. The molecule has 0 aliphatic rings. The molecule has 0 nitrogen and oxygen atoms in total. The van der Waals surface area contributed by atoms with Gasteiger partial charge >= 0.3 is 0 Å². The van der Waals surface area contributed by atoms with Crippen LogP contribution in [0.1, 0.15) is 6.92 Å². The lowest BCUT2D eigenvalue weighted by molar-refractivity contribution is 1.27. The van der Waals surface area contributed by atoms with Crippen molar-refractivity contribution in [2.24, 2.45) is 0 Å². The van der Waals surface area contributed by atoms with Gasteiger partial charge in [0, 0.05) is 0 Å². The summed E-state index contributed by atoms with van der Waals surface area (Å²) in [6, 6.07) is 0. The molecule has 121 heavy (non-hydrogen) atoms. The van der Waals surface area contributed by atoms with Crippen LogP contribution < -0.4 is 0 Å². The Morgan fingerprint density at radius 1 is 0.0744 bits per heavy atom. The van der Waals surface area contributed by atoms with E-state index in [4.69, 9.17) is 1040 Å². The second-order valence-electron chi connectivity index (χ2n) is 7.96. The molecule has 786 valence electrons. The molecule has 0 saturated carbocycles. The first-order valence-electron chi connectivity index (χ1n) is 20.1. The van der Waals surface area contributed by atoms with Crippen LogP contribution in [0.2, 0.25) is 0 Å². The molecule has 0 unspecified atom stereocenters. The molecule has 0 amide bonds. The third-order valence-corrected chi connectivity index (χ3v) is 0. The zero-order chi connectivity index (χ0) is 108. The molecule has 0 spiro atoms. The molecular weight excluding hydrogens is 3560 g/mol. The van der Waals surface area contributed by atoms with Gasteiger partial charge in [0.1, 0.15) is 0 Å². The predicted molar refractivity (Wildman–Crippen MR) is 645 cm³/mol. The average molecular weight is 3600 g/mol. The minimum absolute atomic E-state index is 0.750. The van der Waals surface area contributed by atoms with Crippen LogP contribution in [0.3, 0.4) is 0 Å². The maximum Gasteiger partial charge on any atom is 0.187 e. The van der Waals surface area contributed by atoms with Gasteiger partial charge in [0.05, 0.1) is 0 Å². The van der Waals surface area contributed by atoms with Crippen LogP contribution >= 0.6 is 1040 Å². The first-order valence-corrected chi connectivity index (χ1v) is 59.2. The Morgan fingerprint density at radius 3 is 0.0744 bits per heavy atom. The highest BCUT2D eigenvalue weighted by Gasteiger charge is 2.07. The molecule has 0 aliphatic carbocycles. The van der Waals surface area contributed by atoms with Crippen molar-refractivity contribution in [3.63, 3.8) is 0 Å². The molecule has 0 bridgehead atoms. The van der Waals surface area contributed by atoms with E-state index >= 15 is 0 Å². The van der Waals surface area contributed by atoms with Crippen LogP contribution in [0.25, 0.3) is 0 Å². The summed E-state index contributed by atoms with van der Waals surface area (Å²) in [5.41, 5.74) is 0.